The number of ether oxygens (including phenoxy) is 2. The highest BCUT2D eigenvalue weighted by Gasteiger charge is 2.35. The van der Waals surface area contributed by atoms with Gasteiger partial charge in [-0.2, -0.15) is 0 Å². The normalized spacial score (nSPS) is 15.0. The molecule has 45 heavy (non-hydrogen) atoms. The van der Waals surface area contributed by atoms with E-state index in [1.807, 2.05) is 81.4 Å². The first-order valence-corrected chi connectivity index (χ1v) is 15.8. The lowest BCUT2D eigenvalue weighted by Gasteiger charge is -2.26. The van der Waals surface area contributed by atoms with Crippen LogP contribution in [0.25, 0.3) is 17.0 Å². The smallest absolute Gasteiger partial charge is 0.338 e. The van der Waals surface area contributed by atoms with Gasteiger partial charge in [-0.05, 0) is 58.9 Å². The molecule has 0 unspecified atom stereocenters. The van der Waals surface area contributed by atoms with Gasteiger partial charge < -0.3 is 14.0 Å². The zero-order valence-corrected chi connectivity index (χ0v) is 26.7. The van der Waals surface area contributed by atoms with E-state index in [2.05, 4.69) is 4.57 Å². The average Bonchev–Trinajstić information content (AvgIpc) is 3.46. The van der Waals surface area contributed by atoms with Gasteiger partial charge in [0.05, 0.1) is 35.1 Å². The molecule has 2 aromatic heterocycles. The SMILES string of the molecule is CCOC(=O)C1=C(C)N=c2s/c(=C\c3c(C)n(Cc4ccccc4F)c4ccccc34)c(=O)n2[C@H]1c1ccccc1OC(C)C. The van der Waals surface area contributed by atoms with Gasteiger partial charge in [-0.15, -0.1) is 0 Å². The number of nitrogens with zero attached hydrogens (tertiary/aromatic N) is 3. The van der Waals surface area contributed by atoms with E-state index in [4.69, 9.17) is 14.5 Å². The van der Waals surface area contributed by atoms with E-state index in [0.717, 1.165) is 22.2 Å². The van der Waals surface area contributed by atoms with Crippen molar-refractivity contribution in [3.8, 4) is 5.75 Å². The summed E-state index contributed by atoms with van der Waals surface area (Å²) in [5.41, 5.74) is 4.48. The van der Waals surface area contributed by atoms with Crippen molar-refractivity contribution in [1.82, 2.24) is 9.13 Å². The van der Waals surface area contributed by atoms with E-state index in [1.54, 1.807) is 30.5 Å². The number of rotatable bonds is 8. The first kappa shape index (κ1) is 30.3. The van der Waals surface area contributed by atoms with Crippen LogP contribution in [0, 0.1) is 12.7 Å². The first-order chi connectivity index (χ1) is 21.7. The molecule has 5 aromatic rings. The predicted octanol–water partition coefficient (Wildman–Crippen LogP) is 6.04. The molecule has 0 spiro atoms. The predicted molar refractivity (Wildman–Crippen MR) is 175 cm³/mol. The van der Waals surface area contributed by atoms with E-state index in [9.17, 15) is 14.0 Å². The number of esters is 1. The van der Waals surface area contributed by atoms with Crippen molar-refractivity contribution in [1.29, 1.82) is 0 Å². The van der Waals surface area contributed by atoms with Crippen LogP contribution in [0.5, 0.6) is 5.75 Å². The highest BCUT2D eigenvalue weighted by molar-refractivity contribution is 7.07. The number of fused-ring (bicyclic) bond motifs is 2. The molecule has 1 aliphatic rings. The van der Waals surface area contributed by atoms with Gasteiger partial charge in [-0.3, -0.25) is 9.36 Å². The number of hydrogen-bond donors (Lipinski definition) is 0. The number of para-hydroxylation sites is 2. The van der Waals surface area contributed by atoms with E-state index in [1.165, 1.54) is 17.4 Å². The van der Waals surface area contributed by atoms with Crippen LogP contribution in [-0.4, -0.2) is 27.8 Å². The van der Waals surface area contributed by atoms with E-state index < -0.39 is 12.0 Å². The lowest BCUT2D eigenvalue weighted by atomic mass is 9.95. The third kappa shape index (κ3) is 5.53. The second-order valence-electron chi connectivity index (χ2n) is 11.2. The number of halogens is 1. The number of thiazole rings is 1. The van der Waals surface area contributed by atoms with Crippen molar-refractivity contribution in [2.24, 2.45) is 4.99 Å². The van der Waals surface area contributed by atoms with Crippen molar-refractivity contribution in [2.75, 3.05) is 6.61 Å². The summed E-state index contributed by atoms with van der Waals surface area (Å²) in [4.78, 5) is 33.0. The Kier molecular flexibility index (Phi) is 8.29. The van der Waals surface area contributed by atoms with Gasteiger partial charge in [-0.25, -0.2) is 14.2 Å². The maximum absolute atomic E-state index is 14.7. The Labute approximate surface area is 264 Å². The minimum Gasteiger partial charge on any atom is -0.491 e. The quantitative estimate of drug-likeness (QED) is 0.198. The lowest BCUT2D eigenvalue weighted by molar-refractivity contribution is -0.139. The van der Waals surface area contributed by atoms with Gasteiger partial charge >= 0.3 is 5.97 Å². The fourth-order valence-corrected chi connectivity index (χ4v) is 6.95. The minimum absolute atomic E-state index is 0.122. The van der Waals surface area contributed by atoms with Gasteiger partial charge in [0.25, 0.3) is 5.56 Å². The van der Waals surface area contributed by atoms with E-state index >= 15 is 0 Å². The third-order valence-corrected chi connectivity index (χ3v) is 8.92. The molecule has 6 rings (SSSR count). The number of aromatic nitrogens is 2. The molecule has 0 radical (unpaired) electrons. The molecule has 0 N–H and O–H groups in total. The first-order valence-electron chi connectivity index (χ1n) is 15.0. The summed E-state index contributed by atoms with van der Waals surface area (Å²) in [5, 5.41) is 0.952. The topological polar surface area (TPSA) is 74.8 Å². The second-order valence-corrected chi connectivity index (χ2v) is 12.2. The summed E-state index contributed by atoms with van der Waals surface area (Å²) in [5.74, 6) is -0.209. The minimum atomic E-state index is -0.791. The average molecular weight is 624 g/mol. The molecule has 0 saturated heterocycles. The van der Waals surface area contributed by atoms with Crippen molar-refractivity contribution in [3.63, 3.8) is 0 Å². The zero-order chi connectivity index (χ0) is 31.8. The van der Waals surface area contributed by atoms with Crippen LogP contribution in [-0.2, 0) is 16.1 Å². The van der Waals surface area contributed by atoms with Crippen LogP contribution in [0.1, 0.15) is 56.1 Å². The molecule has 0 amide bonds. The summed E-state index contributed by atoms with van der Waals surface area (Å²) >= 11 is 1.27. The molecule has 1 aliphatic heterocycles. The van der Waals surface area contributed by atoms with Crippen LogP contribution in [0.2, 0.25) is 0 Å². The molecule has 3 aromatic carbocycles. The summed E-state index contributed by atoms with van der Waals surface area (Å²) in [6.45, 7) is 9.90. The molecule has 0 saturated carbocycles. The van der Waals surface area contributed by atoms with Crippen molar-refractivity contribution >= 4 is 34.3 Å². The molecule has 3 heterocycles. The Morgan fingerprint density at radius 2 is 1.76 bits per heavy atom. The van der Waals surface area contributed by atoms with Gasteiger partial charge in [0.1, 0.15) is 17.6 Å². The van der Waals surface area contributed by atoms with Gasteiger partial charge in [0, 0.05) is 33.3 Å². The number of hydrogen-bond acceptors (Lipinski definition) is 6. The fraction of sp³-hybridized carbons (Fsp3) is 0.250. The van der Waals surface area contributed by atoms with E-state index in [0.29, 0.717) is 44.0 Å². The van der Waals surface area contributed by atoms with Crippen LogP contribution in [0.3, 0.4) is 0 Å². The summed E-state index contributed by atoms with van der Waals surface area (Å²) in [6.07, 6.45) is 1.76. The molecule has 9 heteroatoms. The number of carbonyl (C=O) groups is 1. The number of carbonyl (C=O) groups excluding carboxylic acids is 1. The van der Waals surface area contributed by atoms with Crippen molar-refractivity contribution in [3.05, 3.63) is 132 Å². The molecule has 1 atom stereocenters. The number of allylic oxidation sites excluding steroid dienone is 1. The van der Waals surface area contributed by atoms with Crippen LogP contribution >= 0.6 is 11.3 Å². The van der Waals surface area contributed by atoms with Gasteiger partial charge in [-0.1, -0.05) is 65.9 Å². The van der Waals surface area contributed by atoms with Gasteiger partial charge in [0.2, 0.25) is 0 Å². The van der Waals surface area contributed by atoms with Crippen LogP contribution in [0.4, 0.5) is 4.39 Å². The third-order valence-electron chi connectivity index (χ3n) is 7.93. The highest BCUT2D eigenvalue weighted by atomic mass is 32.1. The maximum Gasteiger partial charge on any atom is 0.338 e. The Balaban J connectivity index is 1.57. The molecule has 0 fully saturated rings. The Morgan fingerprint density at radius 3 is 2.51 bits per heavy atom. The number of benzene rings is 3. The summed E-state index contributed by atoms with van der Waals surface area (Å²) < 4.78 is 30.4. The summed E-state index contributed by atoms with van der Waals surface area (Å²) in [6, 6.07) is 21.3. The Morgan fingerprint density at radius 1 is 1.04 bits per heavy atom. The molecular weight excluding hydrogens is 589 g/mol. The highest BCUT2D eigenvalue weighted by Crippen LogP contribution is 2.36. The van der Waals surface area contributed by atoms with E-state index in [-0.39, 0.29) is 24.1 Å². The second kappa shape index (κ2) is 12.3. The maximum atomic E-state index is 14.7. The van der Waals surface area contributed by atoms with Crippen LogP contribution in [0.15, 0.2) is 93.9 Å². The monoisotopic (exact) mass is 623 g/mol. The Hall–Kier alpha value is -4.76. The largest absolute Gasteiger partial charge is 0.491 e. The molecule has 0 aliphatic carbocycles. The van der Waals surface area contributed by atoms with Crippen molar-refractivity contribution < 1.29 is 18.7 Å². The molecular formula is C36H34FN3O4S. The summed E-state index contributed by atoms with van der Waals surface area (Å²) in [7, 11) is 0. The molecule has 230 valence electrons. The Bertz CT molecular complexity index is 2150. The molecule has 0 bridgehead atoms. The fourth-order valence-electron chi connectivity index (χ4n) is 5.93. The molecule has 7 nitrogen and oxygen atoms in total. The lowest BCUT2D eigenvalue weighted by Crippen LogP contribution is -2.40. The zero-order valence-electron chi connectivity index (χ0n) is 25.8. The van der Waals surface area contributed by atoms with Crippen LogP contribution < -0.4 is 19.6 Å². The van der Waals surface area contributed by atoms with Gasteiger partial charge in [0.15, 0.2) is 4.80 Å². The standard InChI is InChI=1S/C36H34FN3O4S/c1-6-43-35(42)32-22(4)38-36-40(33(32)26-15-9-12-18-30(26)44-21(2)3)34(41)31(45-36)19-27-23(5)39(29-17-11-8-14-25(27)29)20-24-13-7-10-16-28(24)37/h7-19,21,33H,6,20H2,1-5H3/b31-19-/t33-/m0/s1. The van der Waals surface area contributed by atoms with Crippen molar-refractivity contribution in [2.45, 2.75) is 53.3 Å².